The largest absolute Gasteiger partial charge is 0.480 e. The van der Waals surface area contributed by atoms with E-state index in [1.54, 1.807) is 0 Å². The van der Waals surface area contributed by atoms with Gasteiger partial charge in [-0.05, 0) is 33.1 Å². The van der Waals surface area contributed by atoms with E-state index in [4.69, 9.17) is 9.84 Å². The van der Waals surface area contributed by atoms with E-state index in [1.807, 2.05) is 25.7 Å². The molecule has 0 aromatic heterocycles. The van der Waals surface area contributed by atoms with Gasteiger partial charge in [-0.25, -0.2) is 4.79 Å². The Hall–Kier alpha value is -1.30. The van der Waals surface area contributed by atoms with Gasteiger partial charge in [-0.2, -0.15) is 0 Å². The minimum atomic E-state index is -0.842. The van der Waals surface area contributed by atoms with Gasteiger partial charge < -0.3 is 15.2 Å². The van der Waals surface area contributed by atoms with E-state index in [-0.39, 0.29) is 12.6 Å². The van der Waals surface area contributed by atoms with E-state index in [9.17, 15) is 9.59 Å². The minimum absolute atomic E-state index is 0.0108. The fourth-order valence-corrected chi connectivity index (χ4v) is 2.36. The molecule has 0 aromatic carbocycles. The molecule has 2 atom stereocenters. The Morgan fingerprint density at radius 3 is 2.53 bits per heavy atom. The van der Waals surface area contributed by atoms with Crippen LogP contribution in [0.5, 0.6) is 0 Å². The monoisotopic (exact) mass is 272 g/mol. The topological polar surface area (TPSA) is 78.9 Å². The molecular formula is C13H24N2O4. The van der Waals surface area contributed by atoms with Gasteiger partial charge in [-0.3, -0.25) is 9.69 Å². The Kier molecular flexibility index (Phi) is 5.17. The zero-order valence-corrected chi connectivity index (χ0v) is 12.1. The van der Waals surface area contributed by atoms with Gasteiger partial charge in [0.05, 0.1) is 6.54 Å². The second-order valence-corrected chi connectivity index (χ2v) is 6.27. The van der Waals surface area contributed by atoms with Crippen molar-refractivity contribution in [3.05, 3.63) is 0 Å². The number of amides is 1. The summed E-state index contributed by atoms with van der Waals surface area (Å²) in [6.07, 6.45) is 0.400. The van der Waals surface area contributed by atoms with Gasteiger partial charge in [0.2, 0.25) is 0 Å². The van der Waals surface area contributed by atoms with Crippen LogP contribution in [-0.2, 0) is 9.53 Å². The van der Waals surface area contributed by atoms with Gasteiger partial charge in [0.1, 0.15) is 5.60 Å². The second-order valence-electron chi connectivity index (χ2n) is 6.27. The first kappa shape index (κ1) is 15.8. The first-order valence-corrected chi connectivity index (χ1v) is 6.59. The standard InChI is InChI=1S/C13H24N2O4/c1-9-5-10(7-15(6-9)8-11(16)17)14-12(18)19-13(2,3)4/h9-10H,5-8H2,1-4H3,(H,14,18)(H,16,17). The molecule has 1 fully saturated rings. The average Bonchev–Trinajstić information content (AvgIpc) is 2.10. The Bertz CT molecular complexity index is 338. The van der Waals surface area contributed by atoms with Gasteiger partial charge in [0.15, 0.2) is 0 Å². The molecule has 2 N–H and O–H groups in total. The number of nitrogens with one attached hydrogen (secondary N) is 1. The van der Waals surface area contributed by atoms with Crippen LogP contribution in [-0.4, -0.2) is 53.3 Å². The molecule has 0 bridgehead atoms. The molecule has 1 amide bonds. The third-order valence-corrected chi connectivity index (χ3v) is 2.82. The number of hydrogen-bond acceptors (Lipinski definition) is 4. The zero-order chi connectivity index (χ0) is 14.6. The predicted octanol–water partition coefficient (Wildman–Crippen LogP) is 1.31. The van der Waals surface area contributed by atoms with Crippen molar-refractivity contribution in [2.75, 3.05) is 19.6 Å². The Morgan fingerprint density at radius 2 is 2.00 bits per heavy atom. The summed E-state index contributed by atoms with van der Waals surface area (Å²) in [5, 5.41) is 11.6. The van der Waals surface area contributed by atoms with Crippen molar-refractivity contribution in [3.63, 3.8) is 0 Å². The van der Waals surface area contributed by atoms with E-state index < -0.39 is 17.7 Å². The molecule has 0 spiro atoms. The number of ether oxygens (including phenoxy) is 1. The average molecular weight is 272 g/mol. The predicted molar refractivity (Wildman–Crippen MR) is 71.0 cm³/mol. The molecule has 1 heterocycles. The lowest BCUT2D eigenvalue weighted by Crippen LogP contribution is -2.52. The van der Waals surface area contributed by atoms with Crippen molar-refractivity contribution in [1.82, 2.24) is 10.2 Å². The zero-order valence-electron chi connectivity index (χ0n) is 12.1. The van der Waals surface area contributed by atoms with Crippen LogP contribution in [0.1, 0.15) is 34.1 Å². The van der Waals surface area contributed by atoms with E-state index in [0.29, 0.717) is 12.5 Å². The van der Waals surface area contributed by atoms with Crippen LogP contribution in [0.25, 0.3) is 0 Å². The van der Waals surface area contributed by atoms with E-state index >= 15 is 0 Å². The first-order valence-electron chi connectivity index (χ1n) is 6.59. The van der Waals surface area contributed by atoms with E-state index in [0.717, 1.165) is 13.0 Å². The van der Waals surface area contributed by atoms with Crippen LogP contribution in [0, 0.1) is 5.92 Å². The summed E-state index contributed by atoms with van der Waals surface area (Å²) in [5.41, 5.74) is -0.523. The third kappa shape index (κ3) is 6.42. The molecule has 1 aliphatic rings. The highest BCUT2D eigenvalue weighted by atomic mass is 16.6. The van der Waals surface area contributed by atoms with Gasteiger partial charge in [0, 0.05) is 19.1 Å². The molecule has 0 saturated carbocycles. The van der Waals surface area contributed by atoms with Crippen LogP contribution in [0.3, 0.4) is 0 Å². The lowest BCUT2D eigenvalue weighted by molar-refractivity contribution is -0.138. The summed E-state index contributed by atoms with van der Waals surface area (Å²) in [5.74, 6) is -0.488. The van der Waals surface area contributed by atoms with Crippen LogP contribution in [0.15, 0.2) is 0 Å². The third-order valence-electron chi connectivity index (χ3n) is 2.82. The maximum absolute atomic E-state index is 11.7. The lowest BCUT2D eigenvalue weighted by Gasteiger charge is -2.36. The fraction of sp³-hybridized carbons (Fsp3) is 0.846. The lowest BCUT2D eigenvalue weighted by atomic mass is 9.96. The molecule has 6 nitrogen and oxygen atoms in total. The molecule has 19 heavy (non-hydrogen) atoms. The molecule has 0 aromatic rings. The van der Waals surface area contributed by atoms with Crippen molar-refractivity contribution < 1.29 is 19.4 Å². The second kappa shape index (κ2) is 6.23. The number of carboxylic acids is 1. The molecule has 2 unspecified atom stereocenters. The summed E-state index contributed by atoms with van der Waals surface area (Å²) in [7, 11) is 0. The van der Waals surface area contributed by atoms with Crippen molar-refractivity contribution in [2.45, 2.75) is 45.8 Å². The summed E-state index contributed by atoms with van der Waals surface area (Å²) >= 11 is 0. The maximum atomic E-state index is 11.7. The van der Waals surface area contributed by atoms with Crippen molar-refractivity contribution >= 4 is 12.1 Å². The van der Waals surface area contributed by atoms with E-state index in [1.165, 1.54) is 0 Å². The van der Waals surface area contributed by atoms with Crippen LogP contribution >= 0.6 is 0 Å². The van der Waals surface area contributed by atoms with Gasteiger partial charge in [-0.1, -0.05) is 6.92 Å². The highest BCUT2D eigenvalue weighted by Crippen LogP contribution is 2.17. The number of piperidine rings is 1. The maximum Gasteiger partial charge on any atom is 0.407 e. The Morgan fingerprint density at radius 1 is 1.37 bits per heavy atom. The smallest absolute Gasteiger partial charge is 0.407 e. The van der Waals surface area contributed by atoms with Crippen LogP contribution < -0.4 is 5.32 Å². The molecule has 1 saturated heterocycles. The van der Waals surface area contributed by atoms with Gasteiger partial charge in [0.25, 0.3) is 0 Å². The first-order chi connectivity index (χ1) is 8.65. The summed E-state index contributed by atoms with van der Waals surface area (Å²) in [4.78, 5) is 24.3. The molecule has 1 aliphatic heterocycles. The number of nitrogens with zero attached hydrogens (tertiary/aromatic N) is 1. The van der Waals surface area contributed by atoms with Crippen molar-refractivity contribution in [3.8, 4) is 0 Å². The van der Waals surface area contributed by atoms with Crippen LogP contribution in [0.2, 0.25) is 0 Å². The number of alkyl carbamates (subject to hydrolysis) is 1. The number of carbonyl (C=O) groups excluding carboxylic acids is 1. The molecule has 110 valence electrons. The summed E-state index contributed by atoms with van der Waals surface area (Å²) in [6.45, 7) is 8.80. The fourth-order valence-electron chi connectivity index (χ4n) is 2.36. The molecular weight excluding hydrogens is 248 g/mol. The Balaban J connectivity index is 2.48. The molecule has 6 heteroatoms. The normalized spacial score (nSPS) is 24.8. The van der Waals surface area contributed by atoms with E-state index in [2.05, 4.69) is 12.2 Å². The SMILES string of the molecule is CC1CC(NC(=O)OC(C)(C)C)CN(CC(=O)O)C1. The number of hydrogen-bond donors (Lipinski definition) is 2. The summed E-state index contributed by atoms with van der Waals surface area (Å²) in [6, 6.07) is -0.0575. The number of carbonyl (C=O) groups is 2. The highest BCUT2D eigenvalue weighted by molar-refractivity contribution is 5.69. The molecule has 0 radical (unpaired) electrons. The number of carboxylic acid groups (broad SMARTS) is 1. The van der Waals surface area contributed by atoms with Crippen LogP contribution in [0.4, 0.5) is 4.79 Å². The van der Waals surface area contributed by atoms with Crippen molar-refractivity contribution in [1.29, 1.82) is 0 Å². The van der Waals surface area contributed by atoms with Gasteiger partial charge >= 0.3 is 12.1 Å². The Labute approximate surface area is 114 Å². The molecule has 0 aliphatic carbocycles. The number of likely N-dealkylation sites (tertiary alicyclic amines) is 1. The molecule has 1 rings (SSSR count). The summed E-state index contributed by atoms with van der Waals surface area (Å²) < 4.78 is 5.21. The van der Waals surface area contributed by atoms with Crippen molar-refractivity contribution in [2.24, 2.45) is 5.92 Å². The van der Waals surface area contributed by atoms with Gasteiger partial charge in [-0.15, -0.1) is 0 Å². The number of aliphatic carboxylic acids is 1. The number of rotatable bonds is 3. The minimum Gasteiger partial charge on any atom is -0.480 e. The quantitative estimate of drug-likeness (QED) is 0.809. The highest BCUT2D eigenvalue weighted by Gasteiger charge is 2.28.